The van der Waals surface area contributed by atoms with E-state index in [9.17, 15) is 23.9 Å². The lowest BCUT2D eigenvalue weighted by molar-refractivity contribution is -0.113. The predicted molar refractivity (Wildman–Crippen MR) is 141 cm³/mol. The Bertz CT molecular complexity index is 1280. The number of alkyl halides is 2. The van der Waals surface area contributed by atoms with E-state index >= 15 is 0 Å². The van der Waals surface area contributed by atoms with E-state index in [1.165, 1.54) is 37.1 Å². The maximum Gasteiger partial charge on any atom is 0.387 e. The molecular formula is C27H30F2N6O3. The van der Waals surface area contributed by atoms with Gasteiger partial charge in [0.1, 0.15) is 18.1 Å². The van der Waals surface area contributed by atoms with Gasteiger partial charge in [0.25, 0.3) is 0 Å². The third-order valence-electron chi connectivity index (χ3n) is 6.01. The Morgan fingerprint density at radius 1 is 1.32 bits per heavy atom. The number of nitriles is 1. The quantitative estimate of drug-likeness (QED) is 0.167. The molecule has 1 aliphatic rings. The van der Waals surface area contributed by atoms with Gasteiger partial charge in [-0.05, 0) is 69.0 Å². The molecule has 0 spiro atoms. The Labute approximate surface area is 220 Å². The average Bonchev–Trinajstić information content (AvgIpc) is 3.26. The second-order valence-electron chi connectivity index (χ2n) is 9.41. The minimum atomic E-state index is -2.98. The highest BCUT2D eigenvalue weighted by Crippen LogP contribution is 2.26. The van der Waals surface area contributed by atoms with E-state index in [-0.39, 0.29) is 23.3 Å². The van der Waals surface area contributed by atoms with Crippen molar-refractivity contribution in [3.8, 4) is 11.9 Å². The topological polar surface area (TPSA) is 123 Å². The number of hydrazone groups is 1. The number of hydrogen-bond donors (Lipinski definition) is 2. The van der Waals surface area contributed by atoms with Crippen LogP contribution >= 0.6 is 0 Å². The number of carbonyl (C=O) groups is 1. The molecule has 38 heavy (non-hydrogen) atoms. The first-order chi connectivity index (χ1) is 18.0. The maximum absolute atomic E-state index is 12.6. The summed E-state index contributed by atoms with van der Waals surface area (Å²) in [6.07, 6.45) is 4.45. The SMILES string of the molecule is Cc1ccc(C2=NN(C(=Nc3cccc(OC(F)F)c3)NC#N)CC2CC=NC(C=O)C(C)(C)O)cc1C. The summed E-state index contributed by atoms with van der Waals surface area (Å²) in [6.45, 7) is 4.38. The van der Waals surface area contributed by atoms with E-state index in [0.717, 1.165) is 22.4 Å². The van der Waals surface area contributed by atoms with Crippen LogP contribution in [0.3, 0.4) is 0 Å². The van der Waals surface area contributed by atoms with Gasteiger partial charge in [0, 0.05) is 18.2 Å². The highest BCUT2D eigenvalue weighted by molar-refractivity contribution is 6.05. The molecule has 0 aromatic heterocycles. The molecule has 9 nitrogen and oxygen atoms in total. The number of aliphatic imine (C=N–C) groups is 2. The summed E-state index contributed by atoms with van der Waals surface area (Å²) in [5, 5.41) is 28.3. The van der Waals surface area contributed by atoms with Crippen molar-refractivity contribution in [1.82, 2.24) is 10.3 Å². The standard InChI is InChI=1S/C27H30F2N6O3/c1-17-8-9-19(12-18(17)2)24-20(10-11-31-23(15-36)27(3,4)37)14-35(34-24)26(32-16-30)33-21-6-5-7-22(13-21)38-25(28)29/h5-9,11-13,15,20,23,25,37H,10,14H2,1-4H3,(H,32,33). The third-order valence-corrected chi connectivity index (χ3v) is 6.01. The van der Waals surface area contributed by atoms with Crippen LogP contribution in [0.1, 0.15) is 37.0 Å². The highest BCUT2D eigenvalue weighted by atomic mass is 19.3. The van der Waals surface area contributed by atoms with E-state index in [1.54, 1.807) is 12.3 Å². The van der Waals surface area contributed by atoms with Crippen molar-refractivity contribution in [3.05, 3.63) is 59.2 Å². The van der Waals surface area contributed by atoms with Crippen molar-refractivity contribution in [2.45, 2.75) is 52.4 Å². The zero-order chi connectivity index (χ0) is 27.9. The lowest BCUT2D eigenvalue weighted by Crippen LogP contribution is -2.36. The van der Waals surface area contributed by atoms with Crippen LogP contribution in [-0.4, -0.2) is 59.1 Å². The van der Waals surface area contributed by atoms with E-state index in [0.29, 0.717) is 19.3 Å². The normalized spacial score (nSPS) is 16.9. The van der Waals surface area contributed by atoms with E-state index in [2.05, 4.69) is 20.0 Å². The number of nitrogens with one attached hydrogen (secondary N) is 1. The summed E-state index contributed by atoms with van der Waals surface area (Å²) < 4.78 is 29.7. The minimum absolute atomic E-state index is 0.0658. The Kier molecular flexibility index (Phi) is 9.25. The first-order valence-corrected chi connectivity index (χ1v) is 11.9. The zero-order valence-corrected chi connectivity index (χ0v) is 21.6. The van der Waals surface area contributed by atoms with Crippen LogP contribution < -0.4 is 10.1 Å². The van der Waals surface area contributed by atoms with Crippen molar-refractivity contribution in [2.24, 2.45) is 21.0 Å². The molecule has 0 fully saturated rings. The Hall–Kier alpha value is -4.17. The van der Waals surface area contributed by atoms with Crippen LogP contribution in [-0.2, 0) is 4.79 Å². The first kappa shape index (κ1) is 28.4. The number of rotatable bonds is 9. The van der Waals surface area contributed by atoms with Gasteiger partial charge in [-0.15, -0.1) is 0 Å². The smallest absolute Gasteiger partial charge is 0.387 e. The lowest BCUT2D eigenvalue weighted by atomic mass is 9.93. The van der Waals surface area contributed by atoms with Crippen molar-refractivity contribution in [2.75, 3.05) is 6.54 Å². The molecular weight excluding hydrogens is 494 g/mol. The molecule has 2 N–H and O–H groups in total. The van der Waals surface area contributed by atoms with Gasteiger partial charge in [0.05, 0.1) is 23.5 Å². The predicted octanol–water partition coefficient (Wildman–Crippen LogP) is 4.10. The summed E-state index contributed by atoms with van der Waals surface area (Å²) in [5.41, 5.74) is 2.80. The Balaban J connectivity index is 1.96. The monoisotopic (exact) mass is 524 g/mol. The number of hydrogen-bond acceptors (Lipinski definition) is 7. The number of aryl methyl sites for hydroxylation is 2. The second-order valence-corrected chi connectivity index (χ2v) is 9.41. The van der Waals surface area contributed by atoms with Gasteiger partial charge >= 0.3 is 6.61 Å². The van der Waals surface area contributed by atoms with Crippen LogP contribution in [0.15, 0.2) is 57.6 Å². The molecule has 0 radical (unpaired) electrons. The molecule has 2 aromatic rings. The average molecular weight is 525 g/mol. The largest absolute Gasteiger partial charge is 0.435 e. The zero-order valence-electron chi connectivity index (χ0n) is 21.6. The van der Waals surface area contributed by atoms with Gasteiger partial charge in [-0.3, -0.25) is 10.3 Å². The van der Waals surface area contributed by atoms with Gasteiger partial charge < -0.3 is 14.6 Å². The minimum Gasteiger partial charge on any atom is -0.435 e. The van der Waals surface area contributed by atoms with Crippen molar-refractivity contribution >= 4 is 29.9 Å². The molecule has 1 heterocycles. The molecule has 3 rings (SSSR count). The van der Waals surface area contributed by atoms with Crippen LogP contribution in [0.25, 0.3) is 0 Å². The number of guanidine groups is 1. The molecule has 0 saturated carbocycles. The van der Waals surface area contributed by atoms with Gasteiger partial charge in [-0.25, -0.2) is 10.0 Å². The Morgan fingerprint density at radius 2 is 2.08 bits per heavy atom. The number of aldehydes is 1. The van der Waals surface area contributed by atoms with Gasteiger partial charge in [0.2, 0.25) is 5.96 Å². The highest BCUT2D eigenvalue weighted by Gasteiger charge is 2.31. The first-order valence-electron chi connectivity index (χ1n) is 11.9. The van der Waals surface area contributed by atoms with Crippen molar-refractivity contribution < 1.29 is 23.4 Å². The maximum atomic E-state index is 12.6. The van der Waals surface area contributed by atoms with Crippen molar-refractivity contribution in [1.29, 1.82) is 5.26 Å². The van der Waals surface area contributed by atoms with Crippen molar-refractivity contribution in [3.63, 3.8) is 0 Å². The molecule has 11 heteroatoms. The molecule has 200 valence electrons. The lowest BCUT2D eigenvalue weighted by Gasteiger charge is -2.21. The number of aliphatic hydroxyl groups is 1. The summed E-state index contributed by atoms with van der Waals surface area (Å²) in [4.78, 5) is 20.1. The fourth-order valence-corrected chi connectivity index (χ4v) is 3.80. The second kappa shape index (κ2) is 12.4. The summed E-state index contributed by atoms with van der Waals surface area (Å²) in [6, 6.07) is 10.9. The van der Waals surface area contributed by atoms with E-state index in [4.69, 9.17) is 5.10 Å². The molecule has 2 atom stereocenters. The number of carbonyl (C=O) groups excluding carboxylic acids is 1. The third kappa shape index (κ3) is 7.43. The van der Waals surface area contributed by atoms with Gasteiger partial charge in [-0.2, -0.15) is 19.1 Å². The Morgan fingerprint density at radius 3 is 2.71 bits per heavy atom. The van der Waals surface area contributed by atoms with Crippen LogP contribution in [0.5, 0.6) is 5.75 Å². The number of ether oxygens (including phenoxy) is 1. The van der Waals surface area contributed by atoms with E-state index < -0.39 is 18.3 Å². The molecule has 0 aliphatic carbocycles. The molecule has 0 amide bonds. The molecule has 1 aliphatic heterocycles. The fourth-order valence-electron chi connectivity index (χ4n) is 3.80. The van der Waals surface area contributed by atoms with Crippen LogP contribution in [0.4, 0.5) is 14.5 Å². The molecule has 2 unspecified atom stereocenters. The number of benzene rings is 2. The van der Waals surface area contributed by atoms with Crippen LogP contribution in [0, 0.1) is 31.2 Å². The summed E-state index contributed by atoms with van der Waals surface area (Å²) in [7, 11) is 0. The van der Waals surface area contributed by atoms with E-state index in [1.807, 2.05) is 38.2 Å². The summed E-state index contributed by atoms with van der Waals surface area (Å²) in [5.74, 6) is -0.150. The summed E-state index contributed by atoms with van der Waals surface area (Å²) >= 11 is 0. The van der Waals surface area contributed by atoms with Gasteiger partial charge in [0.15, 0.2) is 6.19 Å². The number of nitrogens with zero attached hydrogens (tertiary/aromatic N) is 5. The fraction of sp³-hybridized carbons (Fsp3) is 0.370. The molecule has 2 aromatic carbocycles. The van der Waals surface area contributed by atoms with Gasteiger partial charge in [-0.1, -0.05) is 18.2 Å². The number of halogens is 2. The molecule has 0 saturated heterocycles. The van der Waals surface area contributed by atoms with Crippen LogP contribution in [0.2, 0.25) is 0 Å². The molecule has 0 bridgehead atoms.